The van der Waals surface area contributed by atoms with Crippen LogP contribution in [0.1, 0.15) is 44.1 Å². The standard InChI is InChI=1S/C12H21N3O2S/c1-9-10-8-15(18(16,17)12(2,3)4)7-5-6-11(10)14-13-9/h5-8H2,1-4H3,(H,13,14). The maximum absolute atomic E-state index is 12.5. The van der Waals surface area contributed by atoms with E-state index in [1.165, 1.54) is 0 Å². The maximum atomic E-state index is 12.5. The van der Waals surface area contributed by atoms with Crippen LogP contribution in [0.2, 0.25) is 0 Å². The number of hydrogen-bond acceptors (Lipinski definition) is 3. The first-order chi connectivity index (χ1) is 8.23. The van der Waals surface area contributed by atoms with Gasteiger partial charge in [0.2, 0.25) is 10.0 Å². The van der Waals surface area contributed by atoms with Crippen molar-refractivity contribution in [2.24, 2.45) is 0 Å². The van der Waals surface area contributed by atoms with E-state index in [0.717, 1.165) is 29.8 Å². The highest BCUT2D eigenvalue weighted by atomic mass is 32.2. The molecule has 1 aliphatic rings. The zero-order valence-electron chi connectivity index (χ0n) is 11.4. The summed E-state index contributed by atoms with van der Waals surface area (Å²) in [5.41, 5.74) is 3.03. The highest BCUT2D eigenvalue weighted by Crippen LogP contribution is 2.27. The van der Waals surface area contributed by atoms with Crippen molar-refractivity contribution in [2.75, 3.05) is 6.54 Å². The topological polar surface area (TPSA) is 66.1 Å². The van der Waals surface area contributed by atoms with Crippen LogP contribution in [0, 0.1) is 6.92 Å². The van der Waals surface area contributed by atoms with Crippen LogP contribution in [0.25, 0.3) is 0 Å². The predicted molar refractivity (Wildman–Crippen MR) is 70.7 cm³/mol. The Kier molecular flexibility index (Phi) is 3.27. The molecule has 0 fully saturated rings. The third kappa shape index (κ3) is 2.19. The quantitative estimate of drug-likeness (QED) is 0.843. The summed E-state index contributed by atoms with van der Waals surface area (Å²) in [7, 11) is -3.27. The molecule has 1 aliphatic heterocycles. The molecular formula is C12H21N3O2S. The van der Waals surface area contributed by atoms with E-state index < -0.39 is 14.8 Å². The van der Waals surface area contributed by atoms with Crippen molar-refractivity contribution in [2.45, 2.75) is 51.8 Å². The molecule has 0 unspecified atom stereocenters. The molecule has 0 amide bonds. The van der Waals surface area contributed by atoms with Gasteiger partial charge in [0.15, 0.2) is 0 Å². The van der Waals surface area contributed by atoms with Gasteiger partial charge >= 0.3 is 0 Å². The average Bonchev–Trinajstić information content (AvgIpc) is 2.50. The fourth-order valence-corrected chi connectivity index (χ4v) is 3.64. The molecule has 1 aromatic heterocycles. The number of aromatic nitrogens is 2. The molecule has 102 valence electrons. The molecule has 0 radical (unpaired) electrons. The number of H-pyrrole nitrogens is 1. The Hall–Kier alpha value is -0.880. The minimum absolute atomic E-state index is 0.442. The van der Waals surface area contributed by atoms with E-state index >= 15 is 0 Å². The molecule has 0 saturated heterocycles. The lowest BCUT2D eigenvalue weighted by Gasteiger charge is -2.29. The van der Waals surface area contributed by atoms with Crippen LogP contribution < -0.4 is 0 Å². The second-order valence-corrected chi connectivity index (χ2v) is 8.51. The molecule has 0 atom stereocenters. The molecule has 1 aromatic rings. The summed E-state index contributed by atoms with van der Waals surface area (Å²) in [4.78, 5) is 0. The molecule has 5 nitrogen and oxygen atoms in total. The van der Waals surface area contributed by atoms with E-state index in [9.17, 15) is 8.42 Å². The average molecular weight is 271 g/mol. The van der Waals surface area contributed by atoms with Gasteiger partial charge in [0.05, 0.1) is 10.4 Å². The molecular weight excluding hydrogens is 250 g/mol. The van der Waals surface area contributed by atoms with E-state index in [1.54, 1.807) is 25.1 Å². The zero-order chi connectivity index (χ0) is 13.6. The second kappa shape index (κ2) is 4.35. The number of fused-ring (bicyclic) bond motifs is 1. The molecule has 2 heterocycles. The number of aromatic amines is 1. The minimum atomic E-state index is -3.27. The van der Waals surface area contributed by atoms with Crippen molar-refractivity contribution < 1.29 is 8.42 Å². The monoisotopic (exact) mass is 271 g/mol. The van der Waals surface area contributed by atoms with Crippen molar-refractivity contribution >= 4 is 10.0 Å². The van der Waals surface area contributed by atoms with Gasteiger partial charge in [-0.05, 0) is 40.5 Å². The third-order valence-corrected chi connectivity index (χ3v) is 5.98. The van der Waals surface area contributed by atoms with Crippen LogP contribution in [-0.2, 0) is 23.0 Å². The summed E-state index contributed by atoms with van der Waals surface area (Å²) < 4.78 is 25.8. The Labute approximate surface area is 109 Å². The Bertz CT molecular complexity index is 540. The van der Waals surface area contributed by atoms with E-state index in [0.29, 0.717) is 13.1 Å². The number of aryl methyl sites for hydroxylation is 2. The van der Waals surface area contributed by atoms with Crippen LogP contribution >= 0.6 is 0 Å². The highest BCUT2D eigenvalue weighted by Gasteiger charge is 2.36. The lowest BCUT2D eigenvalue weighted by molar-refractivity contribution is 0.392. The molecule has 2 rings (SSSR count). The molecule has 0 aliphatic carbocycles. The molecule has 0 saturated carbocycles. The largest absolute Gasteiger partial charge is 0.282 e. The zero-order valence-corrected chi connectivity index (χ0v) is 12.3. The first kappa shape index (κ1) is 13.5. The SMILES string of the molecule is Cc1n[nH]c2c1CN(S(=O)(=O)C(C)(C)C)CCC2. The molecule has 0 bridgehead atoms. The molecule has 1 N–H and O–H groups in total. The fourth-order valence-electron chi connectivity index (χ4n) is 2.20. The summed E-state index contributed by atoms with van der Waals surface area (Å²) in [5.74, 6) is 0. The predicted octanol–water partition coefficient (Wildman–Crippen LogP) is 1.59. The third-order valence-electron chi connectivity index (χ3n) is 3.44. The van der Waals surface area contributed by atoms with Crippen molar-refractivity contribution in [1.29, 1.82) is 0 Å². The summed E-state index contributed by atoms with van der Waals surface area (Å²) in [6, 6.07) is 0. The first-order valence-electron chi connectivity index (χ1n) is 6.26. The summed E-state index contributed by atoms with van der Waals surface area (Å²) in [5, 5.41) is 7.18. The maximum Gasteiger partial charge on any atom is 0.219 e. The van der Waals surface area contributed by atoms with Crippen LogP contribution in [0.15, 0.2) is 0 Å². The van der Waals surface area contributed by atoms with Gasteiger partial charge in [0.1, 0.15) is 0 Å². The Balaban J connectivity index is 2.36. The number of hydrogen-bond donors (Lipinski definition) is 1. The van der Waals surface area contributed by atoms with Crippen molar-refractivity contribution in [3.63, 3.8) is 0 Å². The second-order valence-electron chi connectivity index (χ2n) is 5.82. The molecule has 6 heteroatoms. The summed E-state index contributed by atoms with van der Waals surface area (Å²) in [6.07, 6.45) is 1.70. The number of rotatable bonds is 1. The highest BCUT2D eigenvalue weighted by molar-refractivity contribution is 7.90. The van der Waals surface area contributed by atoms with E-state index in [-0.39, 0.29) is 0 Å². The molecule has 0 aromatic carbocycles. The van der Waals surface area contributed by atoms with Crippen LogP contribution in [0.4, 0.5) is 0 Å². The van der Waals surface area contributed by atoms with Gasteiger partial charge in [-0.2, -0.15) is 9.40 Å². The summed E-state index contributed by atoms with van der Waals surface area (Å²) in [6.45, 7) is 8.18. The van der Waals surface area contributed by atoms with Crippen molar-refractivity contribution in [1.82, 2.24) is 14.5 Å². The van der Waals surface area contributed by atoms with E-state index in [2.05, 4.69) is 10.2 Å². The number of nitrogens with one attached hydrogen (secondary N) is 1. The smallest absolute Gasteiger partial charge is 0.219 e. The first-order valence-corrected chi connectivity index (χ1v) is 7.70. The van der Waals surface area contributed by atoms with E-state index in [1.807, 2.05) is 6.92 Å². The fraction of sp³-hybridized carbons (Fsp3) is 0.750. The Morgan fingerprint density at radius 1 is 1.33 bits per heavy atom. The van der Waals surface area contributed by atoms with Gasteiger partial charge in [0, 0.05) is 24.3 Å². The molecule has 0 spiro atoms. The lowest BCUT2D eigenvalue weighted by atomic mass is 10.1. The lowest BCUT2D eigenvalue weighted by Crippen LogP contribution is -2.42. The summed E-state index contributed by atoms with van der Waals surface area (Å²) >= 11 is 0. The van der Waals surface area contributed by atoms with Crippen molar-refractivity contribution in [3.8, 4) is 0 Å². The van der Waals surface area contributed by atoms with Gasteiger partial charge in [-0.3, -0.25) is 5.10 Å². The van der Waals surface area contributed by atoms with Gasteiger partial charge in [-0.15, -0.1) is 0 Å². The van der Waals surface area contributed by atoms with E-state index in [4.69, 9.17) is 0 Å². The minimum Gasteiger partial charge on any atom is -0.282 e. The van der Waals surface area contributed by atoms with Crippen LogP contribution in [0.5, 0.6) is 0 Å². The van der Waals surface area contributed by atoms with Crippen LogP contribution in [-0.4, -0.2) is 34.2 Å². The Morgan fingerprint density at radius 3 is 2.61 bits per heavy atom. The van der Waals surface area contributed by atoms with Crippen molar-refractivity contribution in [3.05, 3.63) is 17.0 Å². The van der Waals surface area contributed by atoms with Gasteiger partial charge in [-0.25, -0.2) is 8.42 Å². The van der Waals surface area contributed by atoms with Gasteiger partial charge in [0.25, 0.3) is 0 Å². The normalized spacial score (nSPS) is 18.4. The number of sulfonamides is 1. The van der Waals surface area contributed by atoms with Gasteiger partial charge in [-0.1, -0.05) is 0 Å². The number of nitrogens with zero attached hydrogens (tertiary/aromatic N) is 2. The van der Waals surface area contributed by atoms with Crippen LogP contribution in [0.3, 0.4) is 0 Å². The van der Waals surface area contributed by atoms with Gasteiger partial charge < -0.3 is 0 Å². The Morgan fingerprint density at radius 2 is 2.00 bits per heavy atom. The molecule has 18 heavy (non-hydrogen) atoms.